The average molecular weight is 266 g/mol. The number of aliphatic hydroxyl groups is 1. The number of halogens is 1. The van der Waals surface area contributed by atoms with Crippen LogP contribution in [0.2, 0.25) is 0 Å². The fourth-order valence-corrected chi connectivity index (χ4v) is 1.67. The van der Waals surface area contributed by atoms with E-state index in [4.69, 9.17) is 5.11 Å². The molecule has 0 aliphatic rings. The Morgan fingerprint density at radius 3 is 2.84 bits per heavy atom. The number of amides is 2. The highest BCUT2D eigenvalue weighted by Gasteiger charge is 2.10. The van der Waals surface area contributed by atoms with Crippen LogP contribution in [-0.4, -0.2) is 42.3 Å². The zero-order chi connectivity index (χ0) is 14.1. The van der Waals surface area contributed by atoms with Crippen molar-refractivity contribution >= 4 is 6.03 Å². The third-order valence-corrected chi connectivity index (χ3v) is 2.64. The van der Waals surface area contributed by atoms with Gasteiger partial charge in [0.2, 0.25) is 0 Å². The van der Waals surface area contributed by atoms with Crippen molar-refractivity contribution in [2.24, 2.45) is 0 Å². The number of hydrogen-bond donors (Lipinski definition) is 2. The summed E-state index contributed by atoms with van der Waals surface area (Å²) < 4.78 is 13.3. The van der Waals surface area contributed by atoms with Crippen molar-refractivity contribution in [3.05, 3.63) is 48.3 Å². The number of rotatable bonds is 7. The third kappa shape index (κ3) is 5.09. The molecule has 0 heterocycles. The van der Waals surface area contributed by atoms with Gasteiger partial charge in [0, 0.05) is 19.6 Å². The Kier molecular flexibility index (Phi) is 6.60. The highest BCUT2D eigenvalue weighted by molar-refractivity contribution is 5.74. The number of nitrogens with zero attached hydrogens (tertiary/aromatic N) is 1. The van der Waals surface area contributed by atoms with Gasteiger partial charge in [0.1, 0.15) is 5.82 Å². The van der Waals surface area contributed by atoms with Crippen LogP contribution in [0.25, 0.3) is 0 Å². The number of carbonyl (C=O) groups excluding carboxylic acids is 1. The highest BCUT2D eigenvalue weighted by Crippen LogP contribution is 2.06. The molecule has 0 fully saturated rings. The van der Waals surface area contributed by atoms with E-state index in [1.807, 2.05) is 0 Å². The number of carbonyl (C=O) groups is 1. The lowest BCUT2D eigenvalue weighted by molar-refractivity contribution is 0.184. The number of hydrogen-bond acceptors (Lipinski definition) is 2. The van der Waals surface area contributed by atoms with E-state index in [0.717, 1.165) is 0 Å². The molecule has 5 heteroatoms. The second-order valence-corrected chi connectivity index (χ2v) is 4.03. The van der Waals surface area contributed by atoms with Gasteiger partial charge in [-0.3, -0.25) is 0 Å². The Labute approximate surface area is 112 Å². The lowest BCUT2D eigenvalue weighted by Crippen LogP contribution is -2.42. The zero-order valence-corrected chi connectivity index (χ0v) is 10.8. The SMILES string of the molecule is C=CCN(CCO)C(=O)NCCc1ccccc1F. The summed E-state index contributed by atoms with van der Waals surface area (Å²) >= 11 is 0. The number of nitrogens with one attached hydrogen (secondary N) is 1. The van der Waals surface area contributed by atoms with E-state index in [9.17, 15) is 9.18 Å². The zero-order valence-electron chi connectivity index (χ0n) is 10.8. The molecule has 2 N–H and O–H groups in total. The van der Waals surface area contributed by atoms with Crippen molar-refractivity contribution < 1.29 is 14.3 Å². The minimum absolute atomic E-state index is 0.103. The van der Waals surface area contributed by atoms with E-state index in [-0.39, 0.29) is 25.0 Å². The molecule has 0 radical (unpaired) electrons. The molecule has 4 nitrogen and oxygen atoms in total. The lowest BCUT2D eigenvalue weighted by Gasteiger charge is -2.20. The molecule has 0 unspecified atom stereocenters. The number of benzene rings is 1. The van der Waals surface area contributed by atoms with Gasteiger partial charge >= 0.3 is 6.03 Å². The van der Waals surface area contributed by atoms with Gasteiger partial charge in [-0.05, 0) is 18.1 Å². The van der Waals surface area contributed by atoms with Gasteiger partial charge in [0.25, 0.3) is 0 Å². The summed E-state index contributed by atoms with van der Waals surface area (Å²) in [6.45, 7) is 4.41. The van der Waals surface area contributed by atoms with Crippen molar-refractivity contribution in [3.8, 4) is 0 Å². The summed E-state index contributed by atoms with van der Waals surface area (Å²) in [5, 5.41) is 11.5. The van der Waals surface area contributed by atoms with Gasteiger partial charge in [-0.25, -0.2) is 9.18 Å². The van der Waals surface area contributed by atoms with Gasteiger partial charge in [-0.15, -0.1) is 6.58 Å². The van der Waals surface area contributed by atoms with Crippen LogP contribution in [0.5, 0.6) is 0 Å². The van der Waals surface area contributed by atoms with Gasteiger partial charge in [0.05, 0.1) is 6.61 Å². The fraction of sp³-hybridized carbons (Fsp3) is 0.357. The summed E-state index contributed by atoms with van der Waals surface area (Å²) in [6.07, 6.45) is 2.02. The average Bonchev–Trinajstić information content (AvgIpc) is 2.40. The Balaban J connectivity index is 2.41. The Bertz CT molecular complexity index is 424. The number of aliphatic hydroxyl groups excluding tert-OH is 1. The first kappa shape index (κ1) is 15.2. The van der Waals surface area contributed by atoms with Crippen molar-refractivity contribution in [2.45, 2.75) is 6.42 Å². The second kappa shape index (κ2) is 8.26. The van der Waals surface area contributed by atoms with E-state index in [2.05, 4.69) is 11.9 Å². The second-order valence-electron chi connectivity index (χ2n) is 4.03. The normalized spacial score (nSPS) is 10.0. The molecule has 0 bridgehead atoms. The summed E-state index contributed by atoms with van der Waals surface area (Å²) in [7, 11) is 0. The summed E-state index contributed by atoms with van der Waals surface area (Å²) in [5.74, 6) is -0.268. The molecule has 1 aromatic carbocycles. The van der Waals surface area contributed by atoms with Crippen LogP contribution in [0.3, 0.4) is 0 Å². The van der Waals surface area contributed by atoms with E-state index in [1.54, 1.807) is 24.3 Å². The van der Waals surface area contributed by atoms with Gasteiger partial charge < -0.3 is 15.3 Å². The van der Waals surface area contributed by atoms with Gasteiger partial charge in [-0.2, -0.15) is 0 Å². The topological polar surface area (TPSA) is 52.6 Å². The first-order valence-electron chi connectivity index (χ1n) is 6.17. The van der Waals surface area contributed by atoms with E-state index in [0.29, 0.717) is 25.1 Å². The van der Waals surface area contributed by atoms with Crippen LogP contribution in [0.4, 0.5) is 9.18 Å². The maximum Gasteiger partial charge on any atom is 0.317 e. The van der Waals surface area contributed by atoms with E-state index < -0.39 is 0 Å². The molecule has 0 saturated carbocycles. The first-order valence-corrected chi connectivity index (χ1v) is 6.17. The summed E-state index contributed by atoms with van der Waals surface area (Å²) in [6, 6.07) is 6.19. The van der Waals surface area contributed by atoms with Gasteiger partial charge in [-0.1, -0.05) is 24.3 Å². The molecule has 0 atom stereocenters. The predicted octanol–water partition coefficient (Wildman–Crippen LogP) is 1.56. The standard InChI is InChI=1S/C14H19FN2O2/c1-2-9-17(10-11-18)14(19)16-8-7-12-5-3-4-6-13(12)15/h2-6,18H,1,7-11H2,(H,16,19). The molecule has 0 aliphatic heterocycles. The summed E-state index contributed by atoms with van der Waals surface area (Å²) in [4.78, 5) is 13.2. The minimum atomic E-state index is -0.287. The van der Waals surface area contributed by atoms with Crippen LogP contribution in [0.1, 0.15) is 5.56 Å². The monoisotopic (exact) mass is 266 g/mol. The molecule has 19 heavy (non-hydrogen) atoms. The van der Waals surface area contributed by atoms with Gasteiger partial charge in [0.15, 0.2) is 0 Å². The van der Waals surface area contributed by atoms with Crippen LogP contribution < -0.4 is 5.32 Å². The van der Waals surface area contributed by atoms with Crippen LogP contribution in [0.15, 0.2) is 36.9 Å². The molecule has 0 spiro atoms. The van der Waals surface area contributed by atoms with Crippen molar-refractivity contribution in [1.82, 2.24) is 10.2 Å². The van der Waals surface area contributed by atoms with Crippen molar-refractivity contribution in [1.29, 1.82) is 0 Å². The number of urea groups is 1. The third-order valence-electron chi connectivity index (χ3n) is 2.64. The molecule has 0 saturated heterocycles. The quantitative estimate of drug-likeness (QED) is 0.736. The smallest absolute Gasteiger partial charge is 0.317 e. The van der Waals surface area contributed by atoms with Crippen LogP contribution in [0, 0.1) is 5.82 Å². The molecular weight excluding hydrogens is 247 g/mol. The molecule has 0 aromatic heterocycles. The van der Waals surface area contributed by atoms with E-state index in [1.165, 1.54) is 11.0 Å². The molecule has 104 valence electrons. The molecule has 1 aromatic rings. The first-order chi connectivity index (χ1) is 9.19. The van der Waals surface area contributed by atoms with Crippen LogP contribution >= 0.6 is 0 Å². The Morgan fingerprint density at radius 2 is 2.21 bits per heavy atom. The Morgan fingerprint density at radius 1 is 1.47 bits per heavy atom. The predicted molar refractivity (Wildman–Crippen MR) is 72.4 cm³/mol. The summed E-state index contributed by atoms with van der Waals surface area (Å²) in [5.41, 5.74) is 0.570. The molecule has 1 rings (SSSR count). The molecule has 0 aliphatic carbocycles. The fourth-order valence-electron chi connectivity index (χ4n) is 1.67. The maximum atomic E-state index is 13.3. The van der Waals surface area contributed by atoms with Crippen molar-refractivity contribution in [3.63, 3.8) is 0 Å². The Hall–Kier alpha value is -1.88. The molecular formula is C14H19FN2O2. The maximum absolute atomic E-state index is 13.3. The highest BCUT2D eigenvalue weighted by atomic mass is 19.1. The lowest BCUT2D eigenvalue weighted by atomic mass is 10.1. The largest absolute Gasteiger partial charge is 0.395 e. The van der Waals surface area contributed by atoms with Crippen LogP contribution in [-0.2, 0) is 6.42 Å². The minimum Gasteiger partial charge on any atom is -0.395 e. The molecule has 2 amide bonds. The van der Waals surface area contributed by atoms with E-state index >= 15 is 0 Å². The van der Waals surface area contributed by atoms with Crippen molar-refractivity contribution in [2.75, 3.05) is 26.2 Å².